The van der Waals surface area contributed by atoms with E-state index >= 15 is 0 Å². The molecule has 1 saturated heterocycles. The van der Waals surface area contributed by atoms with Gasteiger partial charge in [-0.1, -0.05) is 11.6 Å². The summed E-state index contributed by atoms with van der Waals surface area (Å²) in [5.41, 5.74) is 6.17. The van der Waals surface area contributed by atoms with E-state index in [0.717, 1.165) is 0 Å². The van der Waals surface area contributed by atoms with Crippen molar-refractivity contribution in [3.05, 3.63) is 23.2 Å². The Hall–Kier alpha value is -0.990. The normalized spacial score (nSPS) is 19.6. The number of hydrogen-bond donors (Lipinski definition) is 2. The lowest BCUT2D eigenvalue weighted by molar-refractivity contribution is 0.555. The van der Waals surface area contributed by atoms with Crippen LogP contribution in [0.15, 0.2) is 18.2 Å². The number of rotatable bonds is 3. The largest absolute Gasteiger partial charge is 0.397 e. The van der Waals surface area contributed by atoms with Crippen LogP contribution in [0.5, 0.6) is 0 Å². The van der Waals surface area contributed by atoms with Gasteiger partial charge in [-0.05, 0) is 31.0 Å². The first-order valence-electron chi connectivity index (χ1n) is 5.97. The first-order valence-corrected chi connectivity index (χ1v) is 9.71. The Kier molecular flexibility index (Phi) is 4.17. The molecule has 0 unspecified atom stereocenters. The number of nitrogen functional groups attached to an aromatic ring is 1. The average molecular weight is 339 g/mol. The third-order valence-corrected chi connectivity index (χ3v) is 7.01. The van der Waals surface area contributed by atoms with Crippen LogP contribution in [0.2, 0.25) is 5.02 Å². The Morgan fingerprint density at radius 1 is 1.25 bits per heavy atom. The summed E-state index contributed by atoms with van der Waals surface area (Å²) in [4.78, 5) is 0. The zero-order valence-corrected chi connectivity index (χ0v) is 12.9. The van der Waals surface area contributed by atoms with Crippen LogP contribution in [0.4, 0.5) is 11.4 Å². The number of nitrogens with one attached hydrogen (secondary N) is 1. The number of sulfonamides is 1. The summed E-state index contributed by atoms with van der Waals surface area (Å²) in [5, 5.41) is -0.310. The van der Waals surface area contributed by atoms with Crippen LogP contribution in [0.25, 0.3) is 0 Å². The van der Waals surface area contributed by atoms with Gasteiger partial charge in [0.25, 0.3) is 0 Å². The number of anilines is 2. The molecule has 0 spiro atoms. The zero-order valence-electron chi connectivity index (χ0n) is 10.5. The van der Waals surface area contributed by atoms with E-state index in [9.17, 15) is 16.8 Å². The third kappa shape index (κ3) is 3.56. The van der Waals surface area contributed by atoms with Crippen molar-refractivity contribution in [2.24, 2.45) is 0 Å². The summed E-state index contributed by atoms with van der Waals surface area (Å²) in [5.74, 6) is -0.205. The van der Waals surface area contributed by atoms with Gasteiger partial charge in [0.05, 0.1) is 28.1 Å². The number of nitrogens with two attached hydrogens (primary N) is 1. The molecule has 1 heterocycles. The molecule has 0 amide bonds. The molecule has 3 N–H and O–H groups in total. The van der Waals surface area contributed by atoms with Gasteiger partial charge in [-0.3, -0.25) is 4.72 Å². The Morgan fingerprint density at radius 2 is 1.85 bits per heavy atom. The maximum atomic E-state index is 12.2. The fraction of sp³-hybridized carbons (Fsp3) is 0.455. The zero-order chi connectivity index (χ0) is 15.0. The molecule has 112 valence electrons. The Bertz CT molecular complexity index is 702. The Balaban J connectivity index is 2.16. The number of halogens is 1. The van der Waals surface area contributed by atoms with Gasteiger partial charge < -0.3 is 5.73 Å². The SMILES string of the molecule is Nc1cc(Cl)ccc1NS(=O)(=O)C1CCS(=O)(=O)CC1. The summed E-state index contributed by atoms with van der Waals surface area (Å²) in [6.07, 6.45) is 0.205. The molecular formula is C11H15ClN2O4S2. The van der Waals surface area contributed by atoms with E-state index in [4.69, 9.17) is 17.3 Å². The lowest BCUT2D eigenvalue weighted by atomic mass is 10.2. The highest BCUT2D eigenvalue weighted by molar-refractivity contribution is 7.94. The van der Waals surface area contributed by atoms with Gasteiger partial charge in [0.2, 0.25) is 10.0 Å². The molecule has 0 saturated carbocycles. The molecular weight excluding hydrogens is 324 g/mol. The maximum absolute atomic E-state index is 12.2. The van der Waals surface area contributed by atoms with Gasteiger partial charge in [0.1, 0.15) is 9.84 Å². The molecule has 2 rings (SSSR count). The topological polar surface area (TPSA) is 106 Å². The van der Waals surface area contributed by atoms with Crippen LogP contribution in [0, 0.1) is 0 Å². The van der Waals surface area contributed by atoms with Crippen molar-refractivity contribution in [3.8, 4) is 0 Å². The lowest BCUT2D eigenvalue weighted by Crippen LogP contribution is -2.36. The third-order valence-electron chi connectivity index (χ3n) is 3.21. The van der Waals surface area contributed by atoms with E-state index in [-0.39, 0.29) is 35.7 Å². The van der Waals surface area contributed by atoms with E-state index in [1.54, 1.807) is 0 Å². The van der Waals surface area contributed by atoms with E-state index < -0.39 is 25.1 Å². The van der Waals surface area contributed by atoms with E-state index in [0.29, 0.717) is 5.02 Å². The minimum atomic E-state index is -3.66. The highest BCUT2D eigenvalue weighted by atomic mass is 35.5. The number of sulfone groups is 1. The van der Waals surface area contributed by atoms with Crippen molar-refractivity contribution in [1.82, 2.24) is 0 Å². The second-order valence-electron chi connectivity index (χ2n) is 4.73. The average Bonchev–Trinajstić information content (AvgIpc) is 2.32. The predicted octanol–water partition coefficient (Wildman–Crippen LogP) is 1.24. The molecule has 0 aromatic heterocycles. The molecule has 1 fully saturated rings. The molecule has 20 heavy (non-hydrogen) atoms. The van der Waals surface area contributed by atoms with Gasteiger partial charge in [-0.25, -0.2) is 16.8 Å². The summed E-state index contributed by atoms with van der Waals surface area (Å²) in [6, 6.07) is 4.46. The van der Waals surface area contributed by atoms with Gasteiger partial charge in [-0.15, -0.1) is 0 Å². The minimum Gasteiger partial charge on any atom is -0.397 e. The van der Waals surface area contributed by atoms with E-state index in [1.165, 1.54) is 18.2 Å². The van der Waals surface area contributed by atoms with Crippen LogP contribution >= 0.6 is 11.6 Å². The van der Waals surface area contributed by atoms with Crippen LogP contribution in [0.1, 0.15) is 12.8 Å². The van der Waals surface area contributed by atoms with Crippen molar-refractivity contribution in [2.45, 2.75) is 18.1 Å². The molecule has 1 aromatic carbocycles. The van der Waals surface area contributed by atoms with Crippen molar-refractivity contribution >= 4 is 42.8 Å². The quantitative estimate of drug-likeness (QED) is 0.806. The van der Waals surface area contributed by atoms with E-state index in [2.05, 4.69) is 4.72 Å². The molecule has 0 atom stereocenters. The van der Waals surface area contributed by atoms with Crippen molar-refractivity contribution in [1.29, 1.82) is 0 Å². The number of benzene rings is 1. The standard InChI is InChI=1S/C11H15ClN2O4S2/c12-8-1-2-11(10(13)7-8)14-20(17,18)9-3-5-19(15,16)6-4-9/h1-2,7,9,14H,3-6,13H2. The number of hydrogen-bond acceptors (Lipinski definition) is 5. The molecule has 1 aromatic rings. The molecule has 0 radical (unpaired) electrons. The second kappa shape index (κ2) is 5.42. The highest BCUT2D eigenvalue weighted by Crippen LogP contribution is 2.26. The molecule has 0 bridgehead atoms. The van der Waals surface area contributed by atoms with Crippen LogP contribution in [-0.4, -0.2) is 33.6 Å². The van der Waals surface area contributed by atoms with E-state index in [1.807, 2.05) is 0 Å². The van der Waals surface area contributed by atoms with Gasteiger partial charge in [-0.2, -0.15) is 0 Å². The predicted molar refractivity (Wildman–Crippen MR) is 80.1 cm³/mol. The van der Waals surface area contributed by atoms with Crippen molar-refractivity contribution in [3.63, 3.8) is 0 Å². The Labute approximate surface area is 123 Å². The molecule has 1 aliphatic rings. The molecule has 1 aliphatic heterocycles. The lowest BCUT2D eigenvalue weighted by Gasteiger charge is -2.23. The summed E-state index contributed by atoms with van der Waals surface area (Å²) < 4.78 is 49.5. The fourth-order valence-corrected chi connectivity index (χ4v) is 5.53. The Morgan fingerprint density at radius 3 is 2.40 bits per heavy atom. The first-order chi connectivity index (χ1) is 9.20. The van der Waals surface area contributed by atoms with Gasteiger partial charge in [0.15, 0.2) is 0 Å². The summed E-state index contributed by atoms with van der Waals surface area (Å²) in [7, 11) is -6.76. The minimum absolute atomic E-state index is 0.102. The molecule has 6 nitrogen and oxygen atoms in total. The van der Waals surface area contributed by atoms with Crippen LogP contribution in [-0.2, 0) is 19.9 Å². The van der Waals surface area contributed by atoms with Crippen LogP contribution in [0.3, 0.4) is 0 Å². The monoisotopic (exact) mass is 338 g/mol. The smallest absolute Gasteiger partial charge is 0.235 e. The molecule has 9 heteroatoms. The second-order valence-corrected chi connectivity index (χ2v) is 9.43. The maximum Gasteiger partial charge on any atom is 0.235 e. The first kappa shape index (κ1) is 15.4. The highest BCUT2D eigenvalue weighted by Gasteiger charge is 2.33. The van der Waals surface area contributed by atoms with Crippen molar-refractivity contribution < 1.29 is 16.8 Å². The van der Waals surface area contributed by atoms with Gasteiger partial charge in [0, 0.05) is 5.02 Å². The molecule has 0 aliphatic carbocycles. The van der Waals surface area contributed by atoms with Crippen LogP contribution < -0.4 is 10.5 Å². The van der Waals surface area contributed by atoms with Gasteiger partial charge >= 0.3 is 0 Å². The summed E-state index contributed by atoms with van der Waals surface area (Å²) >= 11 is 5.74. The summed E-state index contributed by atoms with van der Waals surface area (Å²) in [6.45, 7) is 0. The fourth-order valence-electron chi connectivity index (χ4n) is 2.04. The van der Waals surface area contributed by atoms with Crippen molar-refractivity contribution in [2.75, 3.05) is 22.0 Å².